The van der Waals surface area contributed by atoms with Crippen LogP contribution in [0.25, 0.3) is 0 Å². The molecule has 0 aromatic carbocycles. The number of rotatable bonds is 7. The van der Waals surface area contributed by atoms with Crippen molar-refractivity contribution in [3.63, 3.8) is 0 Å². The van der Waals surface area contributed by atoms with Crippen molar-refractivity contribution < 1.29 is 4.74 Å². The molecule has 0 heterocycles. The van der Waals surface area contributed by atoms with Gasteiger partial charge in [0.25, 0.3) is 0 Å². The molecule has 0 amide bonds. The van der Waals surface area contributed by atoms with Gasteiger partial charge in [-0.1, -0.05) is 20.8 Å². The lowest BCUT2D eigenvalue weighted by molar-refractivity contribution is 0.114. The van der Waals surface area contributed by atoms with Gasteiger partial charge in [-0.05, 0) is 25.3 Å². The average molecular weight is 173 g/mol. The third-order valence-corrected chi connectivity index (χ3v) is 1.98. The molecule has 0 radical (unpaired) electrons. The van der Waals surface area contributed by atoms with Crippen molar-refractivity contribution in [1.29, 1.82) is 0 Å². The van der Waals surface area contributed by atoms with Gasteiger partial charge >= 0.3 is 0 Å². The van der Waals surface area contributed by atoms with Gasteiger partial charge in [0.1, 0.15) is 0 Å². The van der Waals surface area contributed by atoms with Gasteiger partial charge < -0.3 is 10.1 Å². The molecule has 0 bridgehead atoms. The molecule has 0 saturated heterocycles. The van der Waals surface area contributed by atoms with Crippen molar-refractivity contribution in [1.82, 2.24) is 5.32 Å². The van der Waals surface area contributed by atoms with Crippen LogP contribution in [-0.4, -0.2) is 26.3 Å². The van der Waals surface area contributed by atoms with Gasteiger partial charge in [0.2, 0.25) is 0 Å². The Labute approximate surface area is 76.7 Å². The quantitative estimate of drug-likeness (QED) is 0.595. The number of hydrogen-bond donors (Lipinski definition) is 1. The molecule has 2 heteroatoms. The first-order valence-corrected chi connectivity index (χ1v) is 4.91. The molecule has 1 N–H and O–H groups in total. The lowest BCUT2D eigenvalue weighted by Gasteiger charge is -2.24. The van der Waals surface area contributed by atoms with Gasteiger partial charge in [0.15, 0.2) is 0 Å². The third kappa shape index (κ3) is 6.62. The molecule has 0 rings (SSSR count). The van der Waals surface area contributed by atoms with Crippen LogP contribution in [-0.2, 0) is 4.74 Å². The topological polar surface area (TPSA) is 21.3 Å². The second kappa shape index (κ2) is 6.44. The molecule has 0 aromatic heterocycles. The Kier molecular flexibility index (Phi) is 6.39. The predicted octanol–water partition coefficient (Wildman–Crippen LogP) is 2.05. The molecule has 0 fully saturated rings. The van der Waals surface area contributed by atoms with Crippen molar-refractivity contribution in [2.75, 3.05) is 26.3 Å². The van der Waals surface area contributed by atoms with Gasteiger partial charge in [-0.2, -0.15) is 0 Å². The summed E-state index contributed by atoms with van der Waals surface area (Å²) in [5, 5.41) is 3.36. The Morgan fingerprint density at radius 3 is 2.42 bits per heavy atom. The zero-order valence-electron chi connectivity index (χ0n) is 8.94. The first-order valence-electron chi connectivity index (χ1n) is 4.91. The molecule has 0 aromatic rings. The van der Waals surface area contributed by atoms with E-state index in [0.29, 0.717) is 5.41 Å². The summed E-state index contributed by atoms with van der Waals surface area (Å²) in [6, 6.07) is 0. The summed E-state index contributed by atoms with van der Waals surface area (Å²) in [5.74, 6) is 0. The van der Waals surface area contributed by atoms with Crippen molar-refractivity contribution in [2.24, 2.45) is 5.41 Å². The minimum Gasteiger partial charge on any atom is -0.382 e. The zero-order chi connectivity index (χ0) is 9.45. The SMILES string of the molecule is CCNCC(C)(C)CCOCC. The summed E-state index contributed by atoms with van der Waals surface area (Å²) in [4.78, 5) is 0. The van der Waals surface area contributed by atoms with Gasteiger partial charge in [0, 0.05) is 19.8 Å². The van der Waals surface area contributed by atoms with Crippen LogP contribution in [0.3, 0.4) is 0 Å². The standard InChI is InChI=1S/C10H23NO/c1-5-11-9-10(3,4)7-8-12-6-2/h11H,5-9H2,1-4H3. The van der Waals surface area contributed by atoms with Crippen LogP contribution in [0.15, 0.2) is 0 Å². The maximum Gasteiger partial charge on any atom is 0.0471 e. The largest absolute Gasteiger partial charge is 0.382 e. The molecule has 0 atom stereocenters. The molecule has 12 heavy (non-hydrogen) atoms. The fourth-order valence-electron chi connectivity index (χ4n) is 1.04. The Balaban J connectivity index is 3.42. The lowest BCUT2D eigenvalue weighted by atomic mass is 9.90. The van der Waals surface area contributed by atoms with E-state index in [4.69, 9.17) is 4.74 Å². The normalized spacial score (nSPS) is 12.0. The highest BCUT2D eigenvalue weighted by atomic mass is 16.5. The molecule has 74 valence electrons. The van der Waals surface area contributed by atoms with Gasteiger partial charge in [-0.25, -0.2) is 0 Å². The highest BCUT2D eigenvalue weighted by Gasteiger charge is 2.16. The summed E-state index contributed by atoms with van der Waals surface area (Å²) in [6.07, 6.45) is 1.13. The monoisotopic (exact) mass is 173 g/mol. The van der Waals surface area contributed by atoms with E-state index in [-0.39, 0.29) is 0 Å². The van der Waals surface area contributed by atoms with Gasteiger partial charge in [-0.3, -0.25) is 0 Å². The second-order valence-electron chi connectivity index (χ2n) is 3.89. The highest BCUT2D eigenvalue weighted by molar-refractivity contribution is 4.70. The molecule has 0 spiro atoms. The van der Waals surface area contributed by atoms with E-state index in [1.807, 2.05) is 6.92 Å². The maximum atomic E-state index is 5.32. The summed E-state index contributed by atoms with van der Waals surface area (Å²) in [5.41, 5.74) is 0.366. The Bertz CT molecular complexity index is 102. The fraction of sp³-hybridized carbons (Fsp3) is 1.00. The molecular weight excluding hydrogens is 150 g/mol. The summed E-state index contributed by atoms with van der Waals surface area (Å²) < 4.78 is 5.32. The van der Waals surface area contributed by atoms with E-state index in [2.05, 4.69) is 26.1 Å². The van der Waals surface area contributed by atoms with Crippen LogP contribution in [0.1, 0.15) is 34.1 Å². The van der Waals surface area contributed by atoms with E-state index in [9.17, 15) is 0 Å². The van der Waals surface area contributed by atoms with Crippen molar-refractivity contribution >= 4 is 0 Å². The van der Waals surface area contributed by atoms with Crippen LogP contribution < -0.4 is 5.32 Å². The Morgan fingerprint density at radius 2 is 1.92 bits per heavy atom. The Hall–Kier alpha value is -0.0800. The van der Waals surface area contributed by atoms with E-state index < -0.39 is 0 Å². The van der Waals surface area contributed by atoms with Crippen molar-refractivity contribution in [2.45, 2.75) is 34.1 Å². The van der Waals surface area contributed by atoms with Crippen LogP contribution in [0, 0.1) is 5.41 Å². The first kappa shape index (κ1) is 11.9. The van der Waals surface area contributed by atoms with E-state index in [1.54, 1.807) is 0 Å². The second-order valence-corrected chi connectivity index (χ2v) is 3.89. The predicted molar refractivity (Wildman–Crippen MR) is 53.4 cm³/mol. The van der Waals surface area contributed by atoms with Crippen LogP contribution in [0.4, 0.5) is 0 Å². The minimum atomic E-state index is 0.366. The molecule has 0 aliphatic rings. The van der Waals surface area contributed by atoms with Gasteiger partial charge in [0.05, 0.1) is 0 Å². The van der Waals surface area contributed by atoms with Crippen LogP contribution in [0.5, 0.6) is 0 Å². The summed E-state index contributed by atoms with van der Waals surface area (Å²) in [7, 11) is 0. The maximum absolute atomic E-state index is 5.32. The zero-order valence-corrected chi connectivity index (χ0v) is 8.94. The van der Waals surface area contributed by atoms with E-state index >= 15 is 0 Å². The van der Waals surface area contributed by atoms with E-state index in [1.165, 1.54) is 0 Å². The molecular formula is C10H23NO. The molecule has 0 unspecified atom stereocenters. The third-order valence-electron chi connectivity index (χ3n) is 1.98. The minimum absolute atomic E-state index is 0.366. The van der Waals surface area contributed by atoms with Crippen LogP contribution >= 0.6 is 0 Å². The fourth-order valence-corrected chi connectivity index (χ4v) is 1.04. The molecule has 0 saturated carbocycles. The van der Waals surface area contributed by atoms with E-state index in [0.717, 1.165) is 32.7 Å². The number of nitrogens with one attached hydrogen (secondary N) is 1. The average Bonchev–Trinajstić information content (AvgIpc) is 2.01. The molecule has 0 aliphatic heterocycles. The first-order chi connectivity index (χ1) is 5.62. The highest BCUT2D eigenvalue weighted by Crippen LogP contribution is 2.18. The molecule has 0 aliphatic carbocycles. The summed E-state index contributed by atoms with van der Waals surface area (Å²) in [6.45, 7) is 12.6. The Morgan fingerprint density at radius 1 is 1.25 bits per heavy atom. The smallest absolute Gasteiger partial charge is 0.0471 e. The van der Waals surface area contributed by atoms with Crippen molar-refractivity contribution in [3.8, 4) is 0 Å². The number of hydrogen-bond acceptors (Lipinski definition) is 2. The summed E-state index contributed by atoms with van der Waals surface area (Å²) >= 11 is 0. The molecule has 2 nitrogen and oxygen atoms in total. The van der Waals surface area contributed by atoms with Crippen LogP contribution in [0.2, 0.25) is 0 Å². The van der Waals surface area contributed by atoms with Gasteiger partial charge in [-0.15, -0.1) is 0 Å². The van der Waals surface area contributed by atoms with Crippen molar-refractivity contribution in [3.05, 3.63) is 0 Å². The number of ether oxygens (including phenoxy) is 1. The lowest BCUT2D eigenvalue weighted by Crippen LogP contribution is -2.30.